The zero-order chi connectivity index (χ0) is 25.6. The summed E-state index contributed by atoms with van der Waals surface area (Å²) >= 11 is 0. The molecule has 0 spiro atoms. The highest BCUT2D eigenvalue weighted by atomic mass is 19.4. The number of benzene rings is 3. The lowest BCUT2D eigenvalue weighted by Gasteiger charge is -2.14. The topological polar surface area (TPSA) is 77.9 Å². The molecule has 5 rings (SSSR count). The van der Waals surface area contributed by atoms with Crippen LogP contribution in [-0.4, -0.2) is 35.9 Å². The number of nitrogens with zero attached hydrogens (tertiary/aromatic N) is 2. The van der Waals surface area contributed by atoms with Crippen molar-refractivity contribution in [1.29, 1.82) is 0 Å². The van der Waals surface area contributed by atoms with Crippen LogP contribution in [-0.2, 0) is 6.18 Å². The Kier molecular flexibility index (Phi) is 5.58. The lowest BCUT2D eigenvalue weighted by Crippen LogP contribution is -2.15. The van der Waals surface area contributed by atoms with E-state index in [1.807, 2.05) is 12.1 Å². The Morgan fingerprint density at radius 1 is 0.889 bits per heavy atom. The Balaban J connectivity index is 1.86. The third-order valence-electron chi connectivity index (χ3n) is 5.92. The van der Waals surface area contributed by atoms with Gasteiger partial charge in [-0.05, 0) is 28.5 Å². The fourth-order valence-electron chi connectivity index (χ4n) is 4.33. The van der Waals surface area contributed by atoms with Gasteiger partial charge in [0.2, 0.25) is 5.75 Å². The van der Waals surface area contributed by atoms with Crippen molar-refractivity contribution < 1.29 is 27.4 Å². The summed E-state index contributed by atoms with van der Waals surface area (Å²) in [5.74, 6) is 0.991. The first kappa shape index (κ1) is 23.3. The number of hydrogen-bond acceptors (Lipinski definition) is 5. The Hall–Kier alpha value is -4.47. The van der Waals surface area contributed by atoms with Crippen LogP contribution in [0.4, 0.5) is 13.2 Å². The molecule has 0 aliphatic carbocycles. The molecule has 0 saturated heterocycles. The monoisotopic (exact) mass is 495 g/mol. The van der Waals surface area contributed by atoms with Gasteiger partial charge in [-0.15, -0.1) is 0 Å². The first-order valence-electron chi connectivity index (χ1n) is 10.8. The highest BCUT2D eigenvalue weighted by molar-refractivity contribution is 6.00. The Morgan fingerprint density at radius 2 is 1.56 bits per heavy atom. The second kappa shape index (κ2) is 8.63. The number of nitrogens with one attached hydrogen (secondary N) is 1. The molecule has 0 bridgehead atoms. The largest absolute Gasteiger partial charge is 0.493 e. The average Bonchev–Trinajstić information content (AvgIpc) is 3.28. The molecule has 0 atom stereocenters. The van der Waals surface area contributed by atoms with Gasteiger partial charge in [0, 0.05) is 11.6 Å². The molecule has 0 aliphatic rings. The van der Waals surface area contributed by atoms with E-state index >= 15 is 0 Å². The zero-order valence-corrected chi connectivity index (χ0v) is 19.4. The van der Waals surface area contributed by atoms with Gasteiger partial charge in [0.05, 0.1) is 32.6 Å². The molecule has 0 aliphatic heterocycles. The first-order chi connectivity index (χ1) is 17.3. The van der Waals surface area contributed by atoms with Crippen LogP contribution in [0, 0.1) is 0 Å². The summed E-state index contributed by atoms with van der Waals surface area (Å²) in [7, 11) is 4.34. The third-order valence-corrected chi connectivity index (χ3v) is 5.92. The van der Waals surface area contributed by atoms with Gasteiger partial charge in [-0.2, -0.15) is 22.8 Å². The van der Waals surface area contributed by atoms with Crippen molar-refractivity contribution in [2.45, 2.75) is 6.18 Å². The standard InChI is InChI=1S/C26H20F3N3O4/c1-34-19-11-15(12-20(35-2)23(19)36-3)18-13-21(33)32-25(30-18)22(24(31-32)26(27,28)29)17-10-6-8-14-7-4-5-9-16(14)17/h4-13,30H,1-3H3. The van der Waals surface area contributed by atoms with Crippen LogP contribution in [0.3, 0.4) is 0 Å². The number of rotatable bonds is 5. The van der Waals surface area contributed by atoms with Crippen molar-refractivity contribution in [1.82, 2.24) is 14.6 Å². The van der Waals surface area contributed by atoms with Gasteiger partial charge in [-0.25, -0.2) is 0 Å². The van der Waals surface area contributed by atoms with Crippen LogP contribution in [0.25, 0.3) is 38.8 Å². The van der Waals surface area contributed by atoms with Crippen molar-refractivity contribution in [3.05, 3.63) is 76.7 Å². The van der Waals surface area contributed by atoms with Crippen molar-refractivity contribution in [3.8, 4) is 39.6 Å². The van der Waals surface area contributed by atoms with E-state index in [1.165, 1.54) is 27.4 Å². The molecule has 3 aromatic carbocycles. The maximum absolute atomic E-state index is 14.2. The highest BCUT2D eigenvalue weighted by Gasteiger charge is 2.39. The van der Waals surface area contributed by atoms with E-state index in [0.717, 1.165) is 9.90 Å². The van der Waals surface area contributed by atoms with Gasteiger partial charge >= 0.3 is 6.18 Å². The molecular weight excluding hydrogens is 475 g/mol. The quantitative estimate of drug-likeness (QED) is 0.346. The van der Waals surface area contributed by atoms with Crippen LogP contribution in [0.1, 0.15) is 5.69 Å². The molecule has 10 heteroatoms. The van der Waals surface area contributed by atoms with Gasteiger partial charge in [0.1, 0.15) is 5.65 Å². The van der Waals surface area contributed by atoms with Crippen LogP contribution < -0.4 is 19.8 Å². The fraction of sp³-hybridized carbons (Fsp3) is 0.154. The number of fused-ring (bicyclic) bond motifs is 2. The number of hydrogen-bond donors (Lipinski definition) is 1. The molecule has 0 radical (unpaired) electrons. The van der Waals surface area contributed by atoms with Crippen molar-refractivity contribution >= 4 is 16.4 Å². The number of halogens is 3. The summed E-state index contributed by atoms with van der Waals surface area (Å²) in [4.78, 5) is 16.0. The van der Waals surface area contributed by atoms with E-state index in [2.05, 4.69) is 10.1 Å². The van der Waals surface area contributed by atoms with Crippen LogP contribution in [0.2, 0.25) is 0 Å². The Morgan fingerprint density at radius 3 is 2.19 bits per heavy atom. The third kappa shape index (κ3) is 3.71. The van der Waals surface area contributed by atoms with Crippen molar-refractivity contribution in [3.63, 3.8) is 0 Å². The van der Waals surface area contributed by atoms with Crippen molar-refractivity contribution in [2.24, 2.45) is 0 Å². The van der Waals surface area contributed by atoms with Crippen LogP contribution >= 0.6 is 0 Å². The summed E-state index contributed by atoms with van der Waals surface area (Å²) in [5, 5.41) is 5.03. The molecule has 7 nitrogen and oxygen atoms in total. The predicted octanol–water partition coefficient (Wildman–Crippen LogP) is 5.55. The number of methoxy groups -OCH3 is 3. The maximum Gasteiger partial charge on any atom is 0.435 e. The number of H-pyrrole nitrogens is 1. The van der Waals surface area contributed by atoms with E-state index in [-0.39, 0.29) is 16.9 Å². The molecule has 2 aromatic heterocycles. The van der Waals surface area contributed by atoms with Crippen LogP contribution in [0.5, 0.6) is 17.2 Å². The van der Waals surface area contributed by atoms with Crippen molar-refractivity contribution in [2.75, 3.05) is 21.3 Å². The SMILES string of the molecule is COc1cc(-c2cc(=O)n3nc(C(F)(F)F)c(-c4cccc5ccccc45)c3[nH]2)cc(OC)c1OC. The second-order valence-electron chi connectivity index (χ2n) is 7.94. The molecule has 0 unspecified atom stereocenters. The van der Waals surface area contributed by atoms with E-state index in [1.54, 1.807) is 42.5 Å². The summed E-state index contributed by atoms with van der Waals surface area (Å²) in [6, 6.07) is 16.5. The van der Waals surface area contributed by atoms with Gasteiger partial charge in [-0.1, -0.05) is 42.5 Å². The average molecular weight is 495 g/mol. The number of alkyl halides is 3. The van der Waals surface area contributed by atoms with Gasteiger partial charge < -0.3 is 19.2 Å². The molecular formula is C26H20F3N3O4. The lowest BCUT2D eigenvalue weighted by molar-refractivity contribution is -0.140. The van der Waals surface area contributed by atoms with E-state index in [9.17, 15) is 18.0 Å². The smallest absolute Gasteiger partial charge is 0.435 e. The minimum atomic E-state index is -4.80. The highest BCUT2D eigenvalue weighted by Crippen LogP contribution is 2.43. The maximum atomic E-state index is 14.2. The summed E-state index contributed by atoms with van der Waals surface area (Å²) in [6.07, 6.45) is -4.80. The predicted molar refractivity (Wildman–Crippen MR) is 129 cm³/mol. The second-order valence-corrected chi connectivity index (χ2v) is 7.94. The Labute approximate surface area is 202 Å². The Bertz CT molecular complexity index is 1640. The zero-order valence-electron chi connectivity index (χ0n) is 19.4. The molecule has 0 amide bonds. The fourth-order valence-corrected chi connectivity index (χ4v) is 4.33. The summed E-state index contributed by atoms with van der Waals surface area (Å²) in [5.41, 5.74) is -1.20. The molecule has 0 saturated carbocycles. The van der Waals surface area contributed by atoms with Gasteiger partial charge in [-0.3, -0.25) is 4.79 Å². The number of aromatic amines is 1. The molecule has 1 N–H and O–H groups in total. The normalized spacial score (nSPS) is 11.7. The van der Waals surface area contributed by atoms with E-state index in [4.69, 9.17) is 14.2 Å². The van der Waals surface area contributed by atoms with E-state index in [0.29, 0.717) is 33.8 Å². The van der Waals surface area contributed by atoms with Gasteiger partial charge in [0.25, 0.3) is 5.56 Å². The lowest BCUT2D eigenvalue weighted by atomic mass is 9.98. The first-order valence-corrected chi connectivity index (χ1v) is 10.8. The molecule has 2 heterocycles. The molecule has 36 heavy (non-hydrogen) atoms. The number of ether oxygens (including phenoxy) is 3. The van der Waals surface area contributed by atoms with E-state index < -0.39 is 17.4 Å². The molecule has 0 fully saturated rings. The summed E-state index contributed by atoms with van der Waals surface area (Å²) in [6.45, 7) is 0. The number of aromatic nitrogens is 3. The molecule has 184 valence electrons. The van der Waals surface area contributed by atoms with Crippen LogP contribution in [0.15, 0.2) is 65.5 Å². The van der Waals surface area contributed by atoms with Gasteiger partial charge in [0.15, 0.2) is 17.2 Å². The minimum Gasteiger partial charge on any atom is -0.493 e. The summed E-state index contributed by atoms with van der Waals surface area (Å²) < 4.78 is 59.4. The minimum absolute atomic E-state index is 0.0880. The molecule has 5 aromatic rings.